The van der Waals surface area contributed by atoms with Gasteiger partial charge in [0, 0.05) is 6.20 Å². The Morgan fingerprint density at radius 1 is 0.870 bits per heavy atom. The molecule has 114 valence electrons. The Bertz CT molecular complexity index is 787. The van der Waals surface area contributed by atoms with Crippen LogP contribution in [0.25, 0.3) is 0 Å². The first-order chi connectivity index (χ1) is 11.4. The Morgan fingerprint density at radius 3 is 2.39 bits per heavy atom. The molecule has 1 aromatic heterocycles. The molecule has 0 atom stereocenters. The number of pyridine rings is 1. The molecule has 0 aliphatic heterocycles. The molecule has 2 aromatic carbocycles. The summed E-state index contributed by atoms with van der Waals surface area (Å²) >= 11 is 0. The molecule has 4 heteroatoms. The first-order valence-electron chi connectivity index (χ1n) is 7.19. The number of benzene rings is 2. The molecule has 0 bridgehead atoms. The van der Waals surface area contributed by atoms with E-state index in [9.17, 15) is 4.79 Å². The highest BCUT2D eigenvalue weighted by Gasteiger charge is 2.09. The van der Waals surface area contributed by atoms with Crippen LogP contribution in [0.2, 0.25) is 0 Å². The Labute approximate surface area is 134 Å². The fraction of sp³-hybridized carbons (Fsp3) is 0.0526. The predicted octanol–water partition coefficient (Wildman–Crippen LogP) is 4.27. The first kappa shape index (κ1) is 14.8. The fourth-order valence-electron chi connectivity index (χ4n) is 2.08. The van der Waals surface area contributed by atoms with Crippen molar-refractivity contribution in [1.82, 2.24) is 4.98 Å². The SMILES string of the molecule is O=Cc1ccncc1Oc1ccccc1OCc1ccccc1. The summed E-state index contributed by atoms with van der Waals surface area (Å²) in [5.41, 5.74) is 1.51. The largest absolute Gasteiger partial charge is 0.485 e. The number of carbonyl (C=O) groups is 1. The molecule has 0 radical (unpaired) electrons. The second-order valence-electron chi connectivity index (χ2n) is 4.85. The van der Waals surface area contributed by atoms with E-state index in [1.54, 1.807) is 18.3 Å². The van der Waals surface area contributed by atoms with Crippen LogP contribution in [0, 0.1) is 0 Å². The molecular weight excluding hydrogens is 290 g/mol. The van der Waals surface area contributed by atoms with Crippen molar-refractivity contribution >= 4 is 6.29 Å². The number of aromatic nitrogens is 1. The van der Waals surface area contributed by atoms with Gasteiger partial charge in [-0.1, -0.05) is 42.5 Å². The average molecular weight is 305 g/mol. The third kappa shape index (κ3) is 3.74. The molecule has 3 rings (SSSR count). The van der Waals surface area contributed by atoms with Crippen molar-refractivity contribution in [2.75, 3.05) is 0 Å². The Kier molecular flexibility index (Phi) is 4.64. The Morgan fingerprint density at radius 2 is 1.61 bits per heavy atom. The van der Waals surface area contributed by atoms with E-state index >= 15 is 0 Å². The third-order valence-corrected chi connectivity index (χ3v) is 3.25. The zero-order valence-corrected chi connectivity index (χ0v) is 12.4. The van der Waals surface area contributed by atoms with Gasteiger partial charge in [0.2, 0.25) is 0 Å². The van der Waals surface area contributed by atoms with Gasteiger partial charge < -0.3 is 9.47 Å². The number of aldehydes is 1. The van der Waals surface area contributed by atoms with E-state index in [0.29, 0.717) is 29.4 Å². The van der Waals surface area contributed by atoms with E-state index in [1.807, 2.05) is 48.5 Å². The second kappa shape index (κ2) is 7.22. The van der Waals surface area contributed by atoms with Gasteiger partial charge in [0.25, 0.3) is 0 Å². The van der Waals surface area contributed by atoms with Crippen LogP contribution in [0.1, 0.15) is 15.9 Å². The lowest BCUT2D eigenvalue weighted by molar-refractivity contribution is 0.112. The summed E-state index contributed by atoms with van der Waals surface area (Å²) < 4.78 is 11.6. The van der Waals surface area contributed by atoms with E-state index < -0.39 is 0 Å². The molecule has 23 heavy (non-hydrogen) atoms. The quantitative estimate of drug-likeness (QED) is 0.638. The van der Waals surface area contributed by atoms with Crippen LogP contribution in [0.4, 0.5) is 0 Å². The molecule has 0 saturated heterocycles. The number of rotatable bonds is 6. The van der Waals surface area contributed by atoms with Crippen LogP contribution < -0.4 is 9.47 Å². The number of para-hydroxylation sites is 2. The lowest BCUT2D eigenvalue weighted by Crippen LogP contribution is -1.98. The van der Waals surface area contributed by atoms with Crippen LogP contribution in [0.3, 0.4) is 0 Å². The lowest BCUT2D eigenvalue weighted by Gasteiger charge is -2.13. The standard InChI is InChI=1S/C19H15NO3/c21-13-16-10-11-20-12-19(16)23-18-9-5-4-8-17(18)22-14-15-6-2-1-3-7-15/h1-13H,14H2. The van der Waals surface area contributed by atoms with Gasteiger partial charge in [0.1, 0.15) is 6.61 Å². The molecule has 0 N–H and O–H groups in total. The van der Waals surface area contributed by atoms with E-state index in [2.05, 4.69) is 4.98 Å². The zero-order valence-electron chi connectivity index (χ0n) is 12.4. The molecule has 1 heterocycles. The number of hydrogen-bond acceptors (Lipinski definition) is 4. The molecule has 4 nitrogen and oxygen atoms in total. The third-order valence-electron chi connectivity index (χ3n) is 3.25. The van der Waals surface area contributed by atoms with Crippen LogP contribution in [-0.2, 0) is 6.61 Å². The molecule has 0 fully saturated rings. The first-order valence-corrected chi connectivity index (χ1v) is 7.19. The summed E-state index contributed by atoms with van der Waals surface area (Å²) in [4.78, 5) is 15.1. The highest BCUT2D eigenvalue weighted by atomic mass is 16.5. The van der Waals surface area contributed by atoms with Gasteiger partial charge in [-0.15, -0.1) is 0 Å². The van der Waals surface area contributed by atoms with E-state index in [-0.39, 0.29) is 0 Å². The van der Waals surface area contributed by atoms with Gasteiger partial charge in [0.05, 0.1) is 11.8 Å². The normalized spacial score (nSPS) is 10.1. The van der Waals surface area contributed by atoms with Crippen molar-refractivity contribution in [3.63, 3.8) is 0 Å². The molecular formula is C19H15NO3. The van der Waals surface area contributed by atoms with Gasteiger partial charge in [-0.25, -0.2) is 0 Å². The van der Waals surface area contributed by atoms with E-state index in [0.717, 1.165) is 11.8 Å². The summed E-state index contributed by atoms with van der Waals surface area (Å²) in [6.45, 7) is 0.439. The number of ether oxygens (including phenoxy) is 2. The number of carbonyl (C=O) groups excluding carboxylic acids is 1. The smallest absolute Gasteiger partial charge is 0.169 e. The van der Waals surface area contributed by atoms with Crippen LogP contribution in [-0.4, -0.2) is 11.3 Å². The topological polar surface area (TPSA) is 48.4 Å². The van der Waals surface area contributed by atoms with Crippen molar-refractivity contribution < 1.29 is 14.3 Å². The van der Waals surface area contributed by atoms with Crippen LogP contribution in [0.15, 0.2) is 73.1 Å². The summed E-state index contributed by atoms with van der Waals surface area (Å²) in [6, 6.07) is 18.8. The van der Waals surface area contributed by atoms with Crippen molar-refractivity contribution in [2.24, 2.45) is 0 Å². The van der Waals surface area contributed by atoms with Gasteiger partial charge in [-0.3, -0.25) is 9.78 Å². The summed E-state index contributed by atoms with van der Waals surface area (Å²) in [6.07, 6.45) is 3.80. The number of nitrogens with zero attached hydrogens (tertiary/aromatic N) is 1. The van der Waals surface area contributed by atoms with Gasteiger partial charge >= 0.3 is 0 Å². The van der Waals surface area contributed by atoms with Gasteiger partial charge in [0.15, 0.2) is 23.5 Å². The Hall–Kier alpha value is -3.14. The Balaban J connectivity index is 1.79. The maximum atomic E-state index is 11.1. The lowest BCUT2D eigenvalue weighted by atomic mass is 10.2. The second-order valence-corrected chi connectivity index (χ2v) is 4.85. The zero-order chi connectivity index (χ0) is 15.9. The summed E-state index contributed by atoms with van der Waals surface area (Å²) in [5.74, 6) is 1.55. The molecule has 0 aliphatic carbocycles. The van der Waals surface area contributed by atoms with Crippen LogP contribution >= 0.6 is 0 Å². The number of hydrogen-bond donors (Lipinski definition) is 0. The molecule has 0 aliphatic rings. The molecule has 0 amide bonds. The highest BCUT2D eigenvalue weighted by molar-refractivity contribution is 5.79. The summed E-state index contributed by atoms with van der Waals surface area (Å²) in [7, 11) is 0. The van der Waals surface area contributed by atoms with Crippen LogP contribution in [0.5, 0.6) is 17.2 Å². The van der Waals surface area contributed by atoms with Gasteiger partial charge in [-0.2, -0.15) is 0 Å². The van der Waals surface area contributed by atoms with E-state index in [4.69, 9.17) is 9.47 Å². The van der Waals surface area contributed by atoms with Gasteiger partial charge in [-0.05, 0) is 23.8 Å². The van der Waals surface area contributed by atoms with Crippen molar-refractivity contribution in [3.05, 3.63) is 84.2 Å². The molecule has 0 spiro atoms. The van der Waals surface area contributed by atoms with E-state index in [1.165, 1.54) is 6.20 Å². The van der Waals surface area contributed by atoms with Crippen molar-refractivity contribution in [3.8, 4) is 17.2 Å². The highest BCUT2D eigenvalue weighted by Crippen LogP contribution is 2.32. The fourth-order valence-corrected chi connectivity index (χ4v) is 2.08. The average Bonchev–Trinajstić information content (AvgIpc) is 2.62. The van der Waals surface area contributed by atoms with Crippen molar-refractivity contribution in [1.29, 1.82) is 0 Å². The molecule has 0 saturated carbocycles. The maximum absolute atomic E-state index is 11.1. The minimum absolute atomic E-state index is 0.401. The van der Waals surface area contributed by atoms with Crippen molar-refractivity contribution in [2.45, 2.75) is 6.61 Å². The molecule has 3 aromatic rings. The summed E-state index contributed by atoms with van der Waals surface area (Å²) in [5, 5.41) is 0. The molecule has 0 unspecified atom stereocenters. The maximum Gasteiger partial charge on any atom is 0.169 e. The minimum atomic E-state index is 0.401. The minimum Gasteiger partial charge on any atom is -0.485 e. The predicted molar refractivity (Wildman–Crippen MR) is 86.9 cm³/mol. The monoisotopic (exact) mass is 305 g/mol.